The Kier molecular flexibility index (Phi) is 5.83. The zero-order chi connectivity index (χ0) is 19.6. The van der Waals surface area contributed by atoms with Crippen LogP contribution in [0.1, 0.15) is 32.9 Å². The largest absolute Gasteiger partial charge is 0.362 e. The molecule has 3 rings (SSSR count). The van der Waals surface area contributed by atoms with E-state index in [9.17, 15) is 13.2 Å². The maximum Gasteiger partial charge on any atom is 0.218 e. The summed E-state index contributed by atoms with van der Waals surface area (Å²) in [6.07, 6.45) is 0. The first kappa shape index (κ1) is 19.8. The molecule has 0 spiro atoms. The number of carbonyl (C=O) groups is 1. The molecule has 1 N–H and O–H groups in total. The first-order valence-corrected chi connectivity index (χ1v) is 10.8. The number of benzene rings is 1. The predicted molar refractivity (Wildman–Crippen MR) is 106 cm³/mol. The number of aromatic nitrogens is 1. The van der Waals surface area contributed by atoms with Crippen molar-refractivity contribution < 1.29 is 13.2 Å². The van der Waals surface area contributed by atoms with E-state index in [1.165, 1.54) is 0 Å². The second kappa shape index (κ2) is 7.96. The highest BCUT2D eigenvalue weighted by Gasteiger charge is 2.28. The van der Waals surface area contributed by atoms with Gasteiger partial charge in [0.2, 0.25) is 10.0 Å². The number of rotatable bonds is 6. The Bertz CT molecular complexity index is 926. The van der Waals surface area contributed by atoms with Gasteiger partial charge in [0.15, 0.2) is 5.78 Å². The molecule has 2 heterocycles. The maximum atomic E-state index is 12.7. The van der Waals surface area contributed by atoms with Crippen molar-refractivity contribution >= 4 is 15.8 Å². The number of nitrogens with zero attached hydrogens (tertiary/aromatic N) is 2. The quantitative estimate of drug-likeness (QED) is 0.769. The number of aromatic amines is 1. The third kappa shape index (κ3) is 4.86. The number of ketones is 1. The Morgan fingerprint density at radius 1 is 1.07 bits per heavy atom. The fourth-order valence-corrected chi connectivity index (χ4v) is 5.07. The summed E-state index contributed by atoms with van der Waals surface area (Å²) in [4.78, 5) is 17.7. The molecule has 0 aliphatic carbocycles. The molecule has 7 heteroatoms. The van der Waals surface area contributed by atoms with Crippen molar-refractivity contribution in [2.45, 2.75) is 26.5 Å². The van der Waals surface area contributed by atoms with E-state index in [0.717, 1.165) is 28.1 Å². The summed E-state index contributed by atoms with van der Waals surface area (Å²) in [5.74, 6) is 0.100. The molecule has 0 saturated carbocycles. The summed E-state index contributed by atoms with van der Waals surface area (Å²) < 4.78 is 26.9. The van der Waals surface area contributed by atoms with E-state index in [0.29, 0.717) is 32.7 Å². The number of hydrogen-bond acceptors (Lipinski definition) is 4. The summed E-state index contributed by atoms with van der Waals surface area (Å²) in [6, 6.07) is 9.47. The van der Waals surface area contributed by atoms with Crippen LogP contribution in [0, 0.1) is 20.8 Å². The van der Waals surface area contributed by atoms with Gasteiger partial charge in [-0.05, 0) is 32.4 Å². The van der Waals surface area contributed by atoms with Crippen molar-refractivity contribution in [1.29, 1.82) is 0 Å². The number of nitrogens with one attached hydrogen (secondary N) is 1. The van der Waals surface area contributed by atoms with Gasteiger partial charge in [0.1, 0.15) is 0 Å². The van der Waals surface area contributed by atoms with Crippen molar-refractivity contribution in [2.24, 2.45) is 0 Å². The minimum atomic E-state index is -3.34. The van der Waals surface area contributed by atoms with Crippen molar-refractivity contribution in [3.05, 3.63) is 58.4 Å². The van der Waals surface area contributed by atoms with Crippen LogP contribution in [0.25, 0.3) is 0 Å². The van der Waals surface area contributed by atoms with Crippen LogP contribution in [0.2, 0.25) is 0 Å². The second-order valence-electron chi connectivity index (χ2n) is 7.33. The smallest absolute Gasteiger partial charge is 0.218 e. The maximum absolute atomic E-state index is 12.7. The summed E-state index contributed by atoms with van der Waals surface area (Å²) in [6.45, 7) is 8.10. The molecule has 2 aromatic rings. The van der Waals surface area contributed by atoms with E-state index in [2.05, 4.69) is 4.98 Å². The van der Waals surface area contributed by atoms with Crippen LogP contribution in [0.3, 0.4) is 0 Å². The molecule has 0 amide bonds. The lowest BCUT2D eigenvalue weighted by molar-refractivity contribution is 0.0901. The Morgan fingerprint density at radius 3 is 2.37 bits per heavy atom. The molecule has 1 aliphatic heterocycles. The second-order valence-corrected chi connectivity index (χ2v) is 9.30. The van der Waals surface area contributed by atoms with E-state index in [1.54, 1.807) is 4.31 Å². The molecular formula is C20H27N3O3S. The van der Waals surface area contributed by atoms with Crippen LogP contribution in [-0.4, -0.2) is 61.1 Å². The SMILES string of the molecule is Cc1cccc(CS(=O)(=O)N2CCN(CC(=O)c3cc(C)[nH]c3C)CC2)c1. The molecule has 0 unspecified atom stereocenters. The van der Waals surface area contributed by atoms with Crippen LogP contribution in [0.15, 0.2) is 30.3 Å². The molecule has 0 bridgehead atoms. The molecule has 0 atom stereocenters. The van der Waals surface area contributed by atoms with Gasteiger partial charge in [0.25, 0.3) is 0 Å². The number of sulfonamides is 1. The summed E-state index contributed by atoms with van der Waals surface area (Å²) in [5.41, 5.74) is 4.45. The summed E-state index contributed by atoms with van der Waals surface area (Å²) in [7, 11) is -3.34. The third-order valence-electron chi connectivity index (χ3n) is 4.97. The van der Waals surface area contributed by atoms with Crippen LogP contribution in [0.4, 0.5) is 0 Å². The molecule has 1 saturated heterocycles. The molecule has 1 aromatic carbocycles. The number of hydrogen-bond donors (Lipinski definition) is 1. The molecule has 1 aromatic heterocycles. The number of carbonyl (C=O) groups excluding carboxylic acids is 1. The number of H-pyrrole nitrogens is 1. The highest BCUT2D eigenvalue weighted by Crippen LogP contribution is 2.16. The summed E-state index contributed by atoms with van der Waals surface area (Å²) in [5, 5.41) is 0. The molecule has 0 radical (unpaired) electrons. The number of piperazine rings is 1. The van der Waals surface area contributed by atoms with Gasteiger partial charge in [0, 0.05) is 43.1 Å². The highest BCUT2D eigenvalue weighted by atomic mass is 32.2. The minimum absolute atomic E-state index is 0.0232. The fraction of sp³-hybridized carbons (Fsp3) is 0.450. The average Bonchev–Trinajstić information content (AvgIpc) is 2.93. The predicted octanol–water partition coefficient (Wildman–Crippen LogP) is 2.27. The highest BCUT2D eigenvalue weighted by molar-refractivity contribution is 7.88. The van der Waals surface area contributed by atoms with Gasteiger partial charge in [-0.3, -0.25) is 9.69 Å². The molecule has 146 valence electrons. The van der Waals surface area contributed by atoms with Crippen molar-refractivity contribution in [3.63, 3.8) is 0 Å². The third-order valence-corrected chi connectivity index (χ3v) is 6.82. The van der Waals surface area contributed by atoms with E-state index in [1.807, 2.05) is 56.0 Å². The fourth-order valence-electron chi connectivity index (χ4n) is 3.57. The average molecular weight is 390 g/mol. The van der Waals surface area contributed by atoms with E-state index in [4.69, 9.17) is 0 Å². The zero-order valence-corrected chi connectivity index (χ0v) is 17.0. The van der Waals surface area contributed by atoms with Crippen LogP contribution in [-0.2, 0) is 15.8 Å². The topological polar surface area (TPSA) is 73.5 Å². The number of aryl methyl sites for hydroxylation is 3. The lowest BCUT2D eigenvalue weighted by Gasteiger charge is -2.33. The van der Waals surface area contributed by atoms with Crippen molar-refractivity contribution in [3.8, 4) is 0 Å². The van der Waals surface area contributed by atoms with Gasteiger partial charge in [-0.15, -0.1) is 0 Å². The Labute approximate surface area is 161 Å². The molecule has 6 nitrogen and oxygen atoms in total. The first-order valence-electron chi connectivity index (χ1n) is 9.20. The van der Waals surface area contributed by atoms with Gasteiger partial charge >= 0.3 is 0 Å². The van der Waals surface area contributed by atoms with Crippen molar-refractivity contribution in [1.82, 2.24) is 14.2 Å². The lowest BCUT2D eigenvalue weighted by atomic mass is 10.1. The normalized spacial score (nSPS) is 16.6. The monoisotopic (exact) mass is 389 g/mol. The van der Waals surface area contributed by atoms with Gasteiger partial charge in [0.05, 0.1) is 12.3 Å². The first-order chi connectivity index (χ1) is 12.7. The van der Waals surface area contributed by atoms with Crippen molar-refractivity contribution in [2.75, 3.05) is 32.7 Å². The van der Waals surface area contributed by atoms with Crippen LogP contribution >= 0.6 is 0 Å². The van der Waals surface area contributed by atoms with E-state index >= 15 is 0 Å². The molecular weight excluding hydrogens is 362 g/mol. The van der Waals surface area contributed by atoms with E-state index < -0.39 is 10.0 Å². The van der Waals surface area contributed by atoms with Gasteiger partial charge in [-0.25, -0.2) is 8.42 Å². The minimum Gasteiger partial charge on any atom is -0.362 e. The van der Waals surface area contributed by atoms with Crippen LogP contribution in [0.5, 0.6) is 0 Å². The summed E-state index contributed by atoms with van der Waals surface area (Å²) >= 11 is 0. The standard InChI is InChI=1S/C20H27N3O3S/c1-15-5-4-6-18(11-15)14-27(25,26)23-9-7-22(8-10-23)13-20(24)19-12-16(2)21-17(19)3/h4-6,11-12,21H,7-10,13-14H2,1-3H3. The Balaban J connectivity index is 1.56. The van der Waals surface area contributed by atoms with Crippen LogP contribution < -0.4 is 0 Å². The zero-order valence-electron chi connectivity index (χ0n) is 16.2. The Hall–Kier alpha value is -1.96. The van der Waals surface area contributed by atoms with E-state index in [-0.39, 0.29) is 11.5 Å². The van der Waals surface area contributed by atoms with Gasteiger partial charge in [-0.2, -0.15) is 4.31 Å². The van der Waals surface area contributed by atoms with Gasteiger partial charge in [-0.1, -0.05) is 29.8 Å². The molecule has 1 aliphatic rings. The number of Topliss-reactive ketones (excluding diaryl/α,β-unsaturated/α-hetero) is 1. The lowest BCUT2D eigenvalue weighted by Crippen LogP contribution is -2.50. The Morgan fingerprint density at radius 2 is 1.78 bits per heavy atom. The molecule has 1 fully saturated rings. The molecule has 27 heavy (non-hydrogen) atoms. The van der Waals surface area contributed by atoms with Gasteiger partial charge < -0.3 is 4.98 Å².